The van der Waals surface area contributed by atoms with Crippen molar-refractivity contribution in [2.75, 3.05) is 13.2 Å². The number of ether oxygens (including phenoxy) is 2. The van der Waals surface area contributed by atoms with Crippen molar-refractivity contribution in [3.05, 3.63) is 41.1 Å². The Labute approximate surface area is 154 Å². The average molecular weight is 360 g/mol. The second kappa shape index (κ2) is 9.27. The molecule has 0 saturated heterocycles. The van der Waals surface area contributed by atoms with Gasteiger partial charge in [0.15, 0.2) is 0 Å². The van der Waals surface area contributed by atoms with Crippen LogP contribution in [0.25, 0.3) is 0 Å². The van der Waals surface area contributed by atoms with Gasteiger partial charge in [-0.15, -0.1) is 0 Å². The van der Waals surface area contributed by atoms with E-state index in [0.717, 1.165) is 24.2 Å². The van der Waals surface area contributed by atoms with Crippen molar-refractivity contribution in [1.29, 1.82) is 0 Å². The molecule has 1 aliphatic heterocycles. The predicted octanol–water partition coefficient (Wildman–Crippen LogP) is 3.69. The van der Waals surface area contributed by atoms with Gasteiger partial charge >= 0.3 is 12.0 Å². The van der Waals surface area contributed by atoms with E-state index in [0.29, 0.717) is 17.9 Å². The molecule has 1 aromatic rings. The maximum absolute atomic E-state index is 12.6. The van der Waals surface area contributed by atoms with Gasteiger partial charge in [-0.2, -0.15) is 0 Å². The Morgan fingerprint density at radius 2 is 2.04 bits per heavy atom. The van der Waals surface area contributed by atoms with Crippen LogP contribution in [-0.2, 0) is 9.53 Å². The van der Waals surface area contributed by atoms with Crippen LogP contribution in [0.3, 0.4) is 0 Å². The van der Waals surface area contributed by atoms with Crippen molar-refractivity contribution in [1.82, 2.24) is 10.6 Å². The van der Waals surface area contributed by atoms with Crippen LogP contribution in [0, 0.1) is 5.92 Å². The largest absolute Gasteiger partial charge is 0.494 e. The van der Waals surface area contributed by atoms with E-state index in [1.165, 1.54) is 0 Å². The van der Waals surface area contributed by atoms with Gasteiger partial charge in [-0.05, 0) is 37.0 Å². The SMILES string of the molecule is CCCCOc1cccc(C2NC(=O)NC(C(C)C)=C2C(=O)OCC)c1. The number of esters is 1. The van der Waals surface area contributed by atoms with E-state index >= 15 is 0 Å². The van der Waals surface area contributed by atoms with Crippen molar-refractivity contribution in [2.24, 2.45) is 5.92 Å². The highest BCUT2D eigenvalue weighted by atomic mass is 16.5. The lowest BCUT2D eigenvalue weighted by molar-refractivity contribution is -0.139. The Hall–Kier alpha value is -2.50. The summed E-state index contributed by atoms with van der Waals surface area (Å²) in [6.45, 7) is 8.64. The summed E-state index contributed by atoms with van der Waals surface area (Å²) in [6, 6.07) is 6.57. The highest BCUT2D eigenvalue weighted by Crippen LogP contribution is 2.32. The summed E-state index contributed by atoms with van der Waals surface area (Å²) in [5.41, 5.74) is 1.82. The molecule has 6 heteroatoms. The van der Waals surface area contributed by atoms with E-state index in [4.69, 9.17) is 9.47 Å². The van der Waals surface area contributed by atoms with Gasteiger partial charge in [-0.25, -0.2) is 9.59 Å². The third kappa shape index (κ3) is 4.77. The molecule has 0 aliphatic carbocycles. The molecule has 6 nitrogen and oxygen atoms in total. The molecule has 0 radical (unpaired) electrons. The molecule has 1 heterocycles. The Kier molecular flexibility index (Phi) is 7.06. The zero-order chi connectivity index (χ0) is 19.1. The van der Waals surface area contributed by atoms with E-state index in [-0.39, 0.29) is 18.6 Å². The van der Waals surface area contributed by atoms with Gasteiger partial charge in [0.1, 0.15) is 5.75 Å². The first-order chi connectivity index (χ1) is 12.5. The monoisotopic (exact) mass is 360 g/mol. The number of allylic oxidation sites excluding steroid dienone is 1. The van der Waals surface area contributed by atoms with Crippen molar-refractivity contribution >= 4 is 12.0 Å². The van der Waals surface area contributed by atoms with Gasteiger partial charge in [-0.1, -0.05) is 39.3 Å². The van der Waals surface area contributed by atoms with Gasteiger partial charge in [0.2, 0.25) is 0 Å². The van der Waals surface area contributed by atoms with Crippen LogP contribution in [-0.4, -0.2) is 25.2 Å². The van der Waals surface area contributed by atoms with Gasteiger partial charge in [0, 0.05) is 5.70 Å². The van der Waals surface area contributed by atoms with Gasteiger partial charge in [0.05, 0.1) is 24.8 Å². The normalized spacial score (nSPS) is 17.0. The van der Waals surface area contributed by atoms with Crippen LogP contribution in [0.4, 0.5) is 4.79 Å². The lowest BCUT2D eigenvalue weighted by Gasteiger charge is -2.31. The van der Waals surface area contributed by atoms with Crippen LogP contribution in [0.1, 0.15) is 52.1 Å². The van der Waals surface area contributed by atoms with E-state index in [1.54, 1.807) is 6.92 Å². The zero-order valence-corrected chi connectivity index (χ0v) is 15.9. The third-order valence-corrected chi connectivity index (χ3v) is 4.13. The summed E-state index contributed by atoms with van der Waals surface area (Å²) >= 11 is 0. The minimum absolute atomic E-state index is 0.0213. The number of carbonyl (C=O) groups excluding carboxylic acids is 2. The molecule has 1 aliphatic rings. The van der Waals surface area contributed by atoms with Gasteiger partial charge in [0.25, 0.3) is 0 Å². The molecule has 1 atom stereocenters. The average Bonchev–Trinajstić information content (AvgIpc) is 2.61. The van der Waals surface area contributed by atoms with Crippen molar-refractivity contribution in [3.8, 4) is 5.75 Å². The van der Waals surface area contributed by atoms with Crippen LogP contribution in [0.5, 0.6) is 5.75 Å². The van der Waals surface area contributed by atoms with Gasteiger partial charge < -0.3 is 20.1 Å². The summed E-state index contributed by atoms with van der Waals surface area (Å²) in [5, 5.41) is 5.60. The lowest BCUT2D eigenvalue weighted by atomic mass is 9.91. The van der Waals surface area contributed by atoms with Crippen molar-refractivity contribution < 1.29 is 19.1 Å². The third-order valence-electron chi connectivity index (χ3n) is 4.13. The molecule has 142 valence electrons. The molecule has 1 aromatic carbocycles. The molecule has 26 heavy (non-hydrogen) atoms. The predicted molar refractivity (Wildman–Crippen MR) is 99.8 cm³/mol. The number of hydrogen-bond acceptors (Lipinski definition) is 4. The number of benzene rings is 1. The quantitative estimate of drug-likeness (QED) is 0.547. The number of urea groups is 1. The van der Waals surface area contributed by atoms with E-state index in [2.05, 4.69) is 17.6 Å². The van der Waals surface area contributed by atoms with Crippen LogP contribution in [0.2, 0.25) is 0 Å². The maximum atomic E-state index is 12.6. The standard InChI is InChI=1S/C20H28N2O4/c1-5-7-11-26-15-10-8-9-14(12-15)18-16(19(23)25-6-2)17(13(3)4)21-20(24)22-18/h8-10,12-13,18H,5-7,11H2,1-4H3,(H2,21,22,24). The molecule has 0 bridgehead atoms. The summed E-state index contributed by atoms with van der Waals surface area (Å²) < 4.78 is 11.0. The molecule has 2 N–H and O–H groups in total. The minimum Gasteiger partial charge on any atom is -0.494 e. The number of carbonyl (C=O) groups is 2. The molecule has 1 unspecified atom stereocenters. The summed E-state index contributed by atoms with van der Waals surface area (Å²) in [5.74, 6) is 0.274. The maximum Gasteiger partial charge on any atom is 0.338 e. The van der Waals surface area contributed by atoms with Crippen molar-refractivity contribution in [2.45, 2.75) is 46.6 Å². The number of rotatable bonds is 8. The van der Waals surface area contributed by atoms with Crippen LogP contribution in [0.15, 0.2) is 35.5 Å². The Bertz CT molecular complexity index is 682. The molecule has 2 amide bonds. The Morgan fingerprint density at radius 3 is 2.69 bits per heavy atom. The first-order valence-corrected chi connectivity index (χ1v) is 9.19. The number of hydrogen-bond donors (Lipinski definition) is 2. The van der Waals surface area contributed by atoms with E-state index in [9.17, 15) is 9.59 Å². The smallest absolute Gasteiger partial charge is 0.338 e. The number of nitrogens with one attached hydrogen (secondary N) is 2. The second-order valence-electron chi connectivity index (χ2n) is 6.51. The molecule has 0 fully saturated rings. The zero-order valence-electron chi connectivity index (χ0n) is 15.9. The lowest BCUT2D eigenvalue weighted by Crippen LogP contribution is -2.47. The van der Waals surface area contributed by atoms with E-state index in [1.807, 2.05) is 38.1 Å². The number of amides is 2. The first kappa shape index (κ1) is 19.8. The summed E-state index contributed by atoms with van der Waals surface area (Å²) in [4.78, 5) is 24.7. The fourth-order valence-electron chi connectivity index (χ4n) is 2.84. The van der Waals surface area contributed by atoms with Crippen molar-refractivity contribution in [3.63, 3.8) is 0 Å². The molecular weight excluding hydrogens is 332 g/mol. The fraction of sp³-hybridized carbons (Fsp3) is 0.500. The molecule has 0 spiro atoms. The highest BCUT2D eigenvalue weighted by molar-refractivity contribution is 5.95. The first-order valence-electron chi connectivity index (χ1n) is 9.19. The minimum atomic E-state index is -0.574. The van der Waals surface area contributed by atoms with Gasteiger partial charge in [-0.3, -0.25) is 0 Å². The van der Waals surface area contributed by atoms with Crippen LogP contribution >= 0.6 is 0 Å². The topological polar surface area (TPSA) is 76.7 Å². The second-order valence-corrected chi connectivity index (χ2v) is 6.51. The fourth-order valence-corrected chi connectivity index (χ4v) is 2.84. The summed E-state index contributed by atoms with van der Waals surface area (Å²) in [6.07, 6.45) is 2.03. The highest BCUT2D eigenvalue weighted by Gasteiger charge is 2.34. The Morgan fingerprint density at radius 1 is 1.27 bits per heavy atom. The number of unbranched alkanes of at least 4 members (excludes halogenated alkanes) is 1. The molecular formula is C20H28N2O4. The molecule has 0 aromatic heterocycles. The molecule has 0 saturated carbocycles. The van der Waals surface area contributed by atoms with E-state index < -0.39 is 12.0 Å². The van der Waals surface area contributed by atoms with Crippen LogP contribution < -0.4 is 15.4 Å². The molecule has 2 rings (SSSR count). The Balaban J connectivity index is 2.40. The summed E-state index contributed by atoms with van der Waals surface area (Å²) in [7, 11) is 0.